The van der Waals surface area contributed by atoms with Crippen molar-refractivity contribution < 1.29 is 18.2 Å². The maximum atomic E-state index is 11.8. The van der Waals surface area contributed by atoms with E-state index < -0.39 is 11.1 Å². The monoisotopic (exact) mass is 528 g/mol. The average molecular weight is 529 g/mol. The van der Waals surface area contributed by atoms with Gasteiger partial charge in [-0.3, -0.25) is 4.21 Å². The van der Waals surface area contributed by atoms with Crippen LogP contribution in [-0.2, 0) is 16.8 Å². The number of hydrogen-bond acceptors (Lipinski definition) is 7. The predicted molar refractivity (Wildman–Crippen MR) is 146 cm³/mol. The summed E-state index contributed by atoms with van der Waals surface area (Å²) < 4.78 is 34.6. The molecule has 1 aliphatic rings. The summed E-state index contributed by atoms with van der Waals surface area (Å²) in [5, 5.41) is 7.30. The van der Waals surface area contributed by atoms with Gasteiger partial charge in [-0.2, -0.15) is 0 Å². The van der Waals surface area contributed by atoms with E-state index in [0.29, 0.717) is 22.1 Å². The summed E-state index contributed by atoms with van der Waals surface area (Å²) in [5.74, 6) is 0.863. The van der Waals surface area contributed by atoms with Gasteiger partial charge in [-0.05, 0) is 47.0 Å². The van der Waals surface area contributed by atoms with Crippen molar-refractivity contribution in [2.75, 3.05) is 50.6 Å². The van der Waals surface area contributed by atoms with Crippen LogP contribution in [-0.4, -0.2) is 49.2 Å². The molecule has 3 aromatic carbocycles. The van der Waals surface area contributed by atoms with Gasteiger partial charge in [0, 0.05) is 54.9 Å². The van der Waals surface area contributed by atoms with Crippen molar-refractivity contribution in [3.05, 3.63) is 76.3 Å². The Morgan fingerprint density at radius 1 is 1.11 bits per heavy atom. The minimum atomic E-state index is -2.25. The van der Waals surface area contributed by atoms with Gasteiger partial charge < -0.3 is 29.6 Å². The average Bonchev–Trinajstić information content (AvgIpc) is 2.89. The smallest absolute Gasteiger partial charge is 0.179 e. The number of nitrogens with zero attached hydrogens (tertiary/aromatic N) is 1. The highest BCUT2D eigenvalue weighted by Crippen LogP contribution is 2.42. The second-order valence-corrected chi connectivity index (χ2v) is 10.0. The molecule has 3 aromatic rings. The van der Waals surface area contributed by atoms with E-state index in [4.69, 9.17) is 21.1 Å². The third kappa shape index (κ3) is 5.95. The van der Waals surface area contributed by atoms with Crippen molar-refractivity contribution in [3.63, 3.8) is 0 Å². The van der Waals surface area contributed by atoms with Crippen LogP contribution in [0.5, 0.6) is 11.5 Å². The number of benzene rings is 3. The van der Waals surface area contributed by atoms with Crippen molar-refractivity contribution in [3.8, 4) is 11.5 Å². The summed E-state index contributed by atoms with van der Waals surface area (Å²) in [4.78, 5) is 2.35. The molecule has 2 atom stereocenters. The van der Waals surface area contributed by atoms with Crippen molar-refractivity contribution in [1.29, 1.82) is 0 Å². The largest absolute Gasteiger partial charge is 0.772 e. The van der Waals surface area contributed by atoms with Gasteiger partial charge >= 0.3 is 0 Å². The lowest BCUT2D eigenvalue weighted by Gasteiger charge is -2.34. The molecule has 2 N–H and O–H groups in total. The fourth-order valence-corrected chi connectivity index (χ4v) is 5.37. The molecule has 0 saturated carbocycles. The van der Waals surface area contributed by atoms with Gasteiger partial charge in [0.25, 0.3) is 0 Å². The topological polar surface area (TPSA) is 85.9 Å². The Hall–Kier alpha value is -2.78. The third-order valence-corrected chi connectivity index (χ3v) is 7.29. The first-order valence-corrected chi connectivity index (χ1v) is 13.4. The Bertz CT molecular complexity index is 1220. The fraction of sp³-hybridized carbons (Fsp3) is 0.333. The van der Waals surface area contributed by atoms with Crippen LogP contribution in [0.1, 0.15) is 29.5 Å². The van der Waals surface area contributed by atoms with E-state index in [-0.39, 0.29) is 11.7 Å². The van der Waals surface area contributed by atoms with Gasteiger partial charge in [0.1, 0.15) is 0 Å². The third-order valence-electron chi connectivity index (χ3n) is 6.46. The van der Waals surface area contributed by atoms with Crippen molar-refractivity contribution >= 4 is 39.7 Å². The van der Waals surface area contributed by atoms with Crippen LogP contribution in [0.25, 0.3) is 0 Å². The summed E-state index contributed by atoms with van der Waals surface area (Å²) in [6.45, 7) is 5.56. The lowest BCUT2D eigenvalue weighted by atomic mass is 9.89. The van der Waals surface area contributed by atoms with E-state index in [0.717, 1.165) is 54.4 Å². The minimum Gasteiger partial charge on any atom is -0.772 e. The SMILES string of the molecule is COc1cc(C(C)c2cc(CS(=O)[O-])c(Nc3ccccc3)cc2N2CCNCC2)cc(Cl)c1OC. The van der Waals surface area contributed by atoms with Crippen LogP contribution in [0.3, 0.4) is 0 Å². The van der Waals surface area contributed by atoms with Crippen molar-refractivity contribution in [1.82, 2.24) is 5.32 Å². The zero-order valence-corrected chi connectivity index (χ0v) is 22.2. The van der Waals surface area contributed by atoms with E-state index in [2.05, 4.69) is 28.5 Å². The molecule has 192 valence electrons. The summed E-state index contributed by atoms with van der Waals surface area (Å²) in [6, 6.07) is 17.7. The van der Waals surface area contributed by atoms with Crippen LogP contribution in [0, 0.1) is 0 Å². The van der Waals surface area contributed by atoms with Gasteiger partial charge in [0.2, 0.25) is 0 Å². The van der Waals surface area contributed by atoms with Crippen molar-refractivity contribution in [2.45, 2.75) is 18.6 Å². The standard InChI is InChI=1S/C27H32ClN3O4S/c1-18(19-14-23(28)27(35-3)26(15-19)34-2)22-13-20(17-36(32)33)24(30-21-7-5-4-6-8-21)16-25(22)31-11-9-29-10-12-31/h4-8,13-16,18,29-30H,9-12,17H2,1-3H3,(H,32,33)/p-1. The molecule has 1 saturated heterocycles. The number of para-hydroxylation sites is 1. The van der Waals surface area contributed by atoms with Gasteiger partial charge in [-0.15, -0.1) is 0 Å². The number of halogens is 1. The van der Waals surface area contributed by atoms with Crippen LogP contribution in [0.4, 0.5) is 17.1 Å². The van der Waals surface area contributed by atoms with Crippen molar-refractivity contribution in [2.24, 2.45) is 0 Å². The van der Waals surface area contributed by atoms with E-state index in [1.165, 1.54) is 0 Å². The zero-order valence-electron chi connectivity index (χ0n) is 20.7. The van der Waals surface area contributed by atoms with E-state index in [9.17, 15) is 8.76 Å². The van der Waals surface area contributed by atoms with Gasteiger partial charge in [-0.25, -0.2) is 0 Å². The van der Waals surface area contributed by atoms with Gasteiger partial charge in [-0.1, -0.05) is 53.9 Å². The van der Waals surface area contributed by atoms with Crippen LogP contribution in [0.15, 0.2) is 54.6 Å². The fourth-order valence-electron chi connectivity index (χ4n) is 4.59. The highest BCUT2D eigenvalue weighted by molar-refractivity contribution is 7.78. The molecule has 0 radical (unpaired) electrons. The molecule has 2 unspecified atom stereocenters. The number of hydrogen-bond donors (Lipinski definition) is 2. The molecule has 1 fully saturated rings. The maximum absolute atomic E-state index is 11.8. The second kappa shape index (κ2) is 12.0. The number of piperazine rings is 1. The highest BCUT2D eigenvalue weighted by atomic mass is 35.5. The van der Waals surface area contributed by atoms with Crippen LogP contribution >= 0.6 is 11.6 Å². The van der Waals surface area contributed by atoms with E-state index in [1.54, 1.807) is 14.2 Å². The molecule has 1 heterocycles. The first-order chi connectivity index (χ1) is 17.4. The summed E-state index contributed by atoms with van der Waals surface area (Å²) in [6.07, 6.45) is 0. The Morgan fingerprint density at radius 3 is 2.47 bits per heavy atom. The number of anilines is 3. The lowest BCUT2D eigenvalue weighted by Crippen LogP contribution is -2.44. The molecule has 36 heavy (non-hydrogen) atoms. The Kier molecular flexibility index (Phi) is 8.74. The van der Waals surface area contributed by atoms with Gasteiger partial charge in [0.05, 0.1) is 19.2 Å². The Balaban J connectivity index is 1.85. The Morgan fingerprint density at radius 2 is 1.83 bits per heavy atom. The predicted octanol–water partition coefficient (Wildman–Crippen LogP) is 5.04. The molecule has 7 nitrogen and oxygen atoms in total. The molecule has 4 rings (SSSR count). The zero-order chi connectivity index (χ0) is 25.7. The van der Waals surface area contributed by atoms with Gasteiger partial charge in [0.15, 0.2) is 11.5 Å². The molecule has 0 aromatic heterocycles. The maximum Gasteiger partial charge on any atom is 0.179 e. The summed E-state index contributed by atoms with van der Waals surface area (Å²) >= 11 is 4.29. The molecule has 0 aliphatic carbocycles. The molecule has 0 spiro atoms. The van der Waals surface area contributed by atoms with E-state index in [1.807, 2.05) is 48.5 Å². The molecule has 9 heteroatoms. The molecular weight excluding hydrogens is 498 g/mol. The molecule has 1 aliphatic heterocycles. The molecule has 0 amide bonds. The highest BCUT2D eigenvalue weighted by Gasteiger charge is 2.23. The quantitative estimate of drug-likeness (QED) is 0.376. The van der Waals surface area contributed by atoms with E-state index >= 15 is 0 Å². The second-order valence-electron chi connectivity index (χ2n) is 8.70. The lowest BCUT2D eigenvalue weighted by molar-refractivity contribution is 0.354. The van der Waals surface area contributed by atoms with Crippen LogP contribution in [0.2, 0.25) is 5.02 Å². The number of ether oxygens (including phenoxy) is 2. The van der Waals surface area contributed by atoms with Crippen LogP contribution < -0.4 is 25.0 Å². The number of nitrogens with one attached hydrogen (secondary N) is 2. The molecule has 0 bridgehead atoms. The summed E-state index contributed by atoms with van der Waals surface area (Å²) in [5.41, 5.74) is 5.42. The molecular formula is C27H31ClN3O4S-. The number of rotatable bonds is 9. The Labute approximate surface area is 220 Å². The number of methoxy groups -OCH3 is 2. The first-order valence-electron chi connectivity index (χ1n) is 11.8. The minimum absolute atomic E-state index is 0.0863. The first kappa shape index (κ1) is 26.3. The normalized spacial score (nSPS) is 15.3. The summed E-state index contributed by atoms with van der Waals surface area (Å²) in [7, 11) is 3.14.